The first-order valence-corrected chi connectivity index (χ1v) is 9.04. The van der Waals surface area contributed by atoms with Crippen molar-refractivity contribution < 1.29 is 13.2 Å². The van der Waals surface area contributed by atoms with Crippen LogP contribution < -0.4 is 5.32 Å². The van der Waals surface area contributed by atoms with Gasteiger partial charge < -0.3 is 5.32 Å². The lowest BCUT2D eigenvalue weighted by molar-refractivity contribution is -0.113. The maximum atomic E-state index is 11.9. The Labute approximate surface area is 139 Å². The summed E-state index contributed by atoms with van der Waals surface area (Å²) in [5.41, 5.74) is 0.530. The molecule has 0 saturated heterocycles. The van der Waals surface area contributed by atoms with E-state index in [2.05, 4.69) is 15.3 Å². The van der Waals surface area contributed by atoms with E-state index in [1.54, 1.807) is 30.6 Å². The molecule has 0 unspecified atom stereocenters. The fourth-order valence-electron chi connectivity index (χ4n) is 1.61. The Balaban J connectivity index is 1.94. The molecule has 0 aliphatic heterocycles. The Hall–Kier alpha value is -1.97. The summed E-state index contributed by atoms with van der Waals surface area (Å²) in [5.74, 6) is -0.0486. The first-order chi connectivity index (χ1) is 10.9. The zero-order valence-corrected chi connectivity index (χ0v) is 14.3. The molecule has 0 bridgehead atoms. The molecule has 0 atom stereocenters. The van der Waals surface area contributed by atoms with Crippen LogP contribution in [0, 0.1) is 0 Å². The molecule has 1 amide bonds. The van der Waals surface area contributed by atoms with Crippen molar-refractivity contribution >= 4 is 33.4 Å². The summed E-state index contributed by atoms with van der Waals surface area (Å²) >= 11 is 1.22. The molecule has 0 saturated carbocycles. The van der Waals surface area contributed by atoms with E-state index in [1.165, 1.54) is 38.0 Å². The van der Waals surface area contributed by atoms with Crippen LogP contribution in [0.2, 0.25) is 0 Å². The van der Waals surface area contributed by atoms with Crippen LogP contribution in [0.1, 0.15) is 0 Å². The Morgan fingerprint density at radius 1 is 1.17 bits per heavy atom. The minimum absolute atomic E-state index is 0.168. The van der Waals surface area contributed by atoms with Gasteiger partial charge in [-0.3, -0.25) is 4.79 Å². The zero-order chi connectivity index (χ0) is 16.9. The Morgan fingerprint density at radius 2 is 1.78 bits per heavy atom. The third kappa shape index (κ3) is 4.75. The van der Waals surface area contributed by atoms with Gasteiger partial charge in [0.15, 0.2) is 5.16 Å². The van der Waals surface area contributed by atoms with Crippen LogP contribution in [0.5, 0.6) is 0 Å². The first kappa shape index (κ1) is 17.4. The van der Waals surface area contributed by atoms with E-state index >= 15 is 0 Å². The van der Waals surface area contributed by atoms with Crippen molar-refractivity contribution in [3.8, 4) is 0 Å². The summed E-state index contributed by atoms with van der Waals surface area (Å²) in [7, 11) is -0.536. The summed E-state index contributed by atoms with van der Waals surface area (Å²) in [4.78, 5) is 20.1. The smallest absolute Gasteiger partial charge is 0.242 e. The van der Waals surface area contributed by atoms with E-state index in [9.17, 15) is 13.2 Å². The van der Waals surface area contributed by atoms with Crippen LogP contribution in [0.3, 0.4) is 0 Å². The van der Waals surface area contributed by atoms with Crippen molar-refractivity contribution in [2.45, 2.75) is 10.1 Å². The predicted molar refractivity (Wildman–Crippen MR) is 88.7 cm³/mol. The summed E-state index contributed by atoms with van der Waals surface area (Å²) in [5, 5.41) is 3.22. The quantitative estimate of drug-likeness (QED) is 0.625. The highest BCUT2D eigenvalue weighted by Crippen LogP contribution is 2.17. The molecular formula is C14H16N4O3S2. The predicted octanol–water partition coefficient (Wildman–Crippen LogP) is 1.46. The fraction of sp³-hybridized carbons (Fsp3) is 0.214. The van der Waals surface area contributed by atoms with Gasteiger partial charge in [0.2, 0.25) is 15.9 Å². The van der Waals surface area contributed by atoms with Gasteiger partial charge in [-0.1, -0.05) is 11.8 Å². The molecule has 23 heavy (non-hydrogen) atoms. The second-order valence-corrected chi connectivity index (χ2v) is 7.77. The highest BCUT2D eigenvalue weighted by Gasteiger charge is 2.16. The van der Waals surface area contributed by atoms with Crippen LogP contribution in [-0.2, 0) is 14.8 Å². The monoisotopic (exact) mass is 352 g/mol. The number of rotatable bonds is 6. The van der Waals surface area contributed by atoms with Gasteiger partial charge in [0.05, 0.1) is 10.6 Å². The third-order valence-electron chi connectivity index (χ3n) is 2.79. The molecule has 0 spiro atoms. The molecule has 7 nitrogen and oxygen atoms in total. The molecule has 0 fully saturated rings. The number of anilines is 1. The van der Waals surface area contributed by atoms with Gasteiger partial charge in [-0.25, -0.2) is 22.7 Å². The van der Waals surface area contributed by atoms with Gasteiger partial charge in [0.1, 0.15) is 0 Å². The minimum Gasteiger partial charge on any atom is -0.325 e. The number of thioether (sulfide) groups is 1. The van der Waals surface area contributed by atoms with E-state index in [-0.39, 0.29) is 16.6 Å². The number of hydrogen-bond donors (Lipinski definition) is 1. The number of aromatic nitrogens is 2. The SMILES string of the molecule is CN(C)S(=O)(=O)c1ccc(NC(=O)CSc2ncccn2)cc1. The molecule has 1 aromatic carbocycles. The third-order valence-corrected chi connectivity index (χ3v) is 5.50. The van der Waals surface area contributed by atoms with Gasteiger partial charge >= 0.3 is 0 Å². The Kier molecular flexibility index (Phi) is 5.69. The van der Waals surface area contributed by atoms with Crippen molar-refractivity contribution in [1.29, 1.82) is 0 Å². The van der Waals surface area contributed by atoms with Gasteiger partial charge in [0, 0.05) is 32.2 Å². The molecule has 122 valence electrons. The lowest BCUT2D eigenvalue weighted by Crippen LogP contribution is -2.22. The summed E-state index contributed by atoms with van der Waals surface area (Å²) in [6, 6.07) is 7.72. The number of benzene rings is 1. The van der Waals surface area contributed by atoms with E-state index in [4.69, 9.17) is 0 Å². The number of nitrogens with one attached hydrogen (secondary N) is 1. The molecule has 2 rings (SSSR count). The number of carbonyl (C=O) groups is 1. The molecule has 1 heterocycles. The van der Waals surface area contributed by atoms with Crippen molar-refractivity contribution in [2.75, 3.05) is 25.2 Å². The summed E-state index contributed by atoms with van der Waals surface area (Å²) in [6.45, 7) is 0. The Bertz CT molecular complexity index is 762. The number of nitrogens with zero attached hydrogens (tertiary/aromatic N) is 3. The largest absolute Gasteiger partial charge is 0.325 e. The van der Waals surface area contributed by atoms with E-state index < -0.39 is 10.0 Å². The van der Waals surface area contributed by atoms with E-state index in [0.717, 1.165) is 4.31 Å². The molecule has 0 aliphatic rings. The average Bonchev–Trinajstić information content (AvgIpc) is 2.54. The fourth-order valence-corrected chi connectivity index (χ4v) is 3.11. The molecule has 0 aliphatic carbocycles. The first-order valence-electron chi connectivity index (χ1n) is 6.62. The average molecular weight is 352 g/mol. The second-order valence-electron chi connectivity index (χ2n) is 4.68. The second kappa shape index (κ2) is 7.53. The molecular weight excluding hydrogens is 336 g/mol. The van der Waals surface area contributed by atoms with Crippen LogP contribution in [0.15, 0.2) is 52.8 Å². The van der Waals surface area contributed by atoms with Crippen molar-refractivity contribution in [3.63, 3.8) is 0 Å². The highest BCUT2D eigenvalue weighted by atomic mass is 32.2. The lowest BCUT2D eigenvalue weighted by atomic mass is 10.3. The lowest BCUT2D eigenvalue weighted by Gasteiger charge is -2.12. The Morgan fingerprint density at radius 3 is 2.35 bits per heavy atom. The highest BCUT2D eigenvalue weighted by molar-refractivity contribution is 7.99. The van der Waals surface area contributed by atoms with Gasteiger partial charge in [-0.15, -0.1) is 0 Å². The van der Waals surface area contributed by atoms with E-state index in [0.29, 0.717) is 10.8 Å². The number of carbonyl (C=O) groups excluding carboxylic acids is 1. The maximum Gasteiger partial charge on any atom is 0.242 e. The summed E-state index contributed by atoms with van der Waals surface area (Å²) < 4.78 is 25.0. The van der Waals surface area contributed by atoms with Gasteiger partial charge in [-0.05, 0) is 30.3 Å². The number of hydrogen-bond acceptors (Lipinski definition) is 6. The van der Waals surface area contributed by atoms with Crippen LogP contribution >= 0.6 is 11.8 Å². The summed E-state index contributed by atoms with van der Waals surface area (Å²) in [6.07, 6.45) is 3.22. The minimum atomic E-state index is -3.47. The molecule has 9 heteroatoms. The molecule has 0 radical (unpaired) electrons. The normalized spacial score (nSPS) is 11.4. The van der Waals surface area contributed by atoms with Crippen LogP contribution in [0.25, 0.3) is 0 Å². The number of sulfonamides is 1. The standard InChI is InChI=1S/C14H16N4O3S2/c1-18(2)23(20,21)12-6-4-11(5-7-12)17-13(19)10-22-14-15-8-3-9-16-14/h3-9H,10H2,1-2H3,(H,17,19). The topological polar surface area (TPSA) is 92.3 Å². The van der Waals surface area contributed by atoms with Crippen molar-refractivity contribution in [1.82, 2.24) is 14.3 Å². The zero-order valence-electron chi connectivity index (χ0n) is 12.6. The van der Waals surface area contributed by atoms with Crippen molar-refractivity contribution in [3.05, 3.63) is 42.7 Å². The molecule has 2 aromatic rings. The molecule has 1 N–H and O–H groups in total. The maximum absolute atomic E-state index is 11.9. The molecule has 1 aromatic heterocycles. The van der Waals surface area contributed by atoms with Crippen LogP contribution in [-0.4, -0.2) is 48.4 Å². The van der Waals surface area contributed by atoms with Crippen LogP contribution in [0.4, 0.5) is 5.69 Å². The van der Waals surface area contributed by atoms with Crippen molar-refractivity contribution in [2.24, 2.45) is 0 Å². The van der Waals surface area contributed by atoms with E-state index in [1.807, 2.05) is 0 Å². The van der Waals surface area contributed by atoms with Gasteiger partial charge in [-0.2, -0.15) is 0 Å². The van der Waals surface area contributed by atoms with Gasteiger partial charge in [0.25, 0.3) is 0 Å². The number of amides is 1.